The zero-order chi connectivity index (χ0) is 25.8. The number of rotatable bonds is 8. The number of aliphatic carboxylic acids is 1. The van der Waals surface area contributed by atoms with Gasteiger partial charge in [-0.3, -0.25) is 9.69 Å². The van der Waals surface area contributed by atoms with E-state index in [-0.39, 0.29) is 12.3 Å². The van der Waals surface area contributed by atoms with Gasteiger partial charge in [-0.05, 0) is 53.9 Å². The second-order valence-electron chi connectivity index (χ2n) is 9.29. The van der Waals surface area contributed by atoms with Gasteiger partial charge in [0.1, 0.15) is 5.82 Å². The number of aryl methyl sites for hydroxylation is 1. The van der Waals surface area contributed by atoms with Gasteiger partial charge in [0.05, 0.1) is 22.5 Å². The maximum absolute atomic E-state index is 13.9. The normalized spacial score (nSPS) is 14.8. The molecule has 0 spiro atoms. The predicted molar refractivity (Wildman–Crippen MR) is 142 cm³/mol. The lowest BCUT2D eigenvalue weighted by Crippen LogP contribution is -2.42. The third kappa shape index (κ3) is 5.87. The fourth-order valence-electron chi connectivity index (χ4n) is 4.72. The van der Waals surface area contributed by atoms with Crippen LogP contribution in [0, 0.1) is 5.82 Å². The lowest BCUT2D eigenvalue weighted by atomic mass is 9.97. The van der Waals surface area contributed by atoms with Crippen LogP contribution < -0.4 is 5.32 Å². The van der Waals surface area contributed by atoms with Crippen LogP contribution in [0.15, 0.2) is 71.7 Å². The maximum atomic E-state index is 13.9. The van der Waals surface area contributed by atoms with E-state index >= 15 is 0 Å². The smallest absolute Gasteiger partial charge is 0.303 e. The van der Waals surface area contributed by atoms with E-state index in [0.717, 1.165) is 43.9 Å². The number of carboxylic acids is 1. The lowest BCUT2D eigenvalue weighted by Gasteiger charge is -2.27. The minimum absolute atomic E-state index is 0.0160. The van der Waals surface area contributed by atoms with E-state index in [0.29, 0.717) is 34.3 Å². The number of carbonyl (C=O) groups is 1. The summed E-state index contributed by atoms with van der Waals surface area (Å²) in [5.74, 6) is -1.38. The Morgan fingerprint density at radius 1 is 1.00 bits per heavy atom. The summed E-state index contributed by atoms with van der Waals surface area (Å²) in [6.07, 6.45) is 0.393. The zero-order valence-electron chi connectivity index (χ0n) is 20.4. The minimum atomic E-state index is -0.864. The lowest BCUT2D eigenvalue weighted by molar-refractivity contribution is -0.136. The van der Waals surface area contributed by atoms with Gasteiger partial charge in [-0.15, -0.1) is 0 Å². The summed E-state index contributed by atoms with van der Waals surface area (Å²) in [6, 6.07) is 19.8. The molecule has 7 nitrogen and oxygen atoms in total. The topological polar surface area (TPSA) is 101 Å². The van der Waals surface area contributed by atoms with Crippen LogP contribution in [0.2, 0.25) is 0 Å². The first-order valence-electron chi connectivity index (χ1n) is 12.4. The van der Waals surface area contributed by atoms with Crippen LogP contribution >= 0.6 is 0 Å². The number of carboxylic acid groups (broad SMARTS) is 1. The van der Waals surface area contributed by atoms with Gasteiger partial charge >= 0.3 is 5.97 Å². The van der Waals surface area contributed by atoms with E-state index in [1.807, 2.05) is 36.4 Å². The van der Waals surface area contributed by atoms with Crippen molar-refractivity contribution in [1.29, 1.82) is 0 Å². The summed E-state index contributed by atoms with van der Waals surface area (Å²) < 4.78 is 13.9. The number of piperazine rings is 1. The number of benzene rings is 3. The third-order valence-corrected chi connectivity index (χ3v) is 6.60. The first kappa shape index (κ1) is 24.7. The highest BCUT2D eigenvalue weighted by Gasteiger charge is 2.20. The third-order valence-electron chi connectivity index (χ3n) is 6.60. The average Bonchev–Trinajstić information content (AvgIpc) is 3.22. The molecule has 8 heteroatoms. The number of hydrogen-bond donors (Lipinski definition) is 4. The van der Waals surface area contributed by atoms with Crippen molar-refractivity contribution < 1.29 is 19.4 Å². The highest BCUT2D eigenvalue weighted by Crippen LogP contribution is 2.32. The highest BCUT2D eigenvalue weighted by molar-refractivity contribution is 6.21. The summed E-state index contributed by atoms with van der Waals surface area (Å²) in [7, 11) is 0. The standard InChI is InChI=1S/C29H29FN4O3/c30-22-7-10-24-25(17-22)33-29(37)27(24)28(21-3-1-2-19(16-21)6-11-26(35)36)32-23-8-4-20(5-9-23)18-34-14-12-31-13-15-34/h1-5,7-10,16-17,31,33,37H,6,11-15,18H2,(H,35,36). The summed E-state index contributed by atoms with van der Waals surface area (Å²) in [5, 5.41) is 24.0. The molecule has 1 aliphatic rings. The van der Waals surface area contributed by atoms with Crippen LogP contribution in [-0.2, 0) is 17.8 Å². The van der Waals surface area contributed by atoms with Crippen molar-refractivity contribution in [3.8, 4) is 5.88 Å². The van der Waals surface area contributed by atoms with Crippen molar-refractivity contribution in [2.24, 2.45) is 4.99 Å². The summed E-state index contributed by atoms with van der Waals surface area (Å²) in [5.41, 5.74) is 4.94. The zero-order valence-corrected chi connectivity index (χ0v) is 20.4. The van der Waals surface area contributed by atoms with Crippen LogP contribution in [-0.4, -0.2) is 58.0 Å². The Labute approximate surface area is 214 Å². The Kier molecular flexibility index (Phi) is 7.30. The average molecular weight is 501 g/mol. The molecule has 0 bridgehead atoms. The highest BCUT2D eigenvalue weighted by atomic mass is 19.1. The Balaban J connectivity index is 1.54. The number of H-pyrrole nitrogens is 1. The van der Waals surface area contributed by atoms with E-state index in [9.17, 15) is 14.3 Å². The molecule has 0 amide bonds. The molecule has 0 saturated carbocycles. The molecule has 0 unspecified atom stereocenters. The molecule has 0 radical (unpaired) electrons. The molecule has 3 aromatic carbocycles. The number of fused-ring (bicyclic) bond motifs is 1. The van der Waals surface area contributed by atoms with Crippen molar-refractivity contribution in [3.63, 3.8) is 0 Å². The van der Waals surface area contributed by atoms with Gasteiger partial charge in [0, 0.05) is 50.1 Å². The van der Waals surface area contributed by atoms with Gasteiger partial charge in [0.25, 0.3) is 0 Å². The first-order chi connectivity index (χ1) is 18.0. The molecule has 5 rings (SSSR count). The van der Waals surface area contributed by atoms with E-state index < -0.39 is 11.8 Å². The molecule has 190 valence electrons. The molecule has 1 fully saturated rings. The van der Waals surface area contributed by atoms with Crippen LogP contribution in [0.4, 0.5) is 10.1 Å². The van der Waals surface area contributed by atoms with E-state index in [2.05, 4.69) is 27.3 Å². The van der Waals surface area contributed by atoms with Crippen LogP contribution in [0.1, 0.15) is 28.7 Å². The molecule has 2 heterocycles. The van der Waals surface area contributed by atoms with Crippen molar-refractivity contribution >= 4 is 28.3 Å². The number of hydrogen-bond acceptors (Lipinski definition) is 5. The molecule has 0 atom stereocenters. The molecule has 1 aliphatic heterocycles. The molecular weight excluding hydrogens is 471 g/mol. The van der Waals surface area contributed by atoms with Crippen molar-refractivity contribution in [1.82, 2.24) is 15.2 Å². The molecule has 1 saturated heterocycles. The predicted octanol–water partition coefficient (Wildman–Crippen LogP) is 4.60. The SMILES string of the molecule is O=C(O)CCc1cccc(C(=Nc2ccc(CN3CCNCC3)cc2)c2c(O)[nH]c3cc(F)ccc23)c1. The van der Waals surface area contributed by atoms with Gasteiger partial charge < -0.3 is 20.5 Å². The van der Waals surface area contributed by atoms with Crippen molar-refractivity contribution in [2.45, 2.75) is 19.4 Å². The minimum Gasteiger partial charge on any atom is -0.494 e. The van der Waals surface area contributed by atoms with Crippen LogP contribution in [0.3, 0.4) is 0 Å². The van der Waals surface area contributed by atoms with Crippen LogP contribution in [0.5, 0.6) is 5.88 Å². The number of nitrogens with one attached hydrogen (secondary N) is 2. The number of nitrogens with zero attached hydrogens (tertiary/aromatic N) is 2. The number of halogens is 1. The quantitative estimate of drug-likeness (QED) is 0.265. The van der Waals surface area contributed by atoms with Crippen LogP contribution in [0.25, 0.3) is 10.9 Å². The molecule has 4 N–H and O–H groups in total. The maximum Gasteiger partial charge on any atom is 0.303 e. The van der Waals surface area contributed by atoms with Gasteiger partial charge in [-0.2, -0.15) is 0 Å². The Morgan fingerprint density at radius 3 is 2.54 bits per heavy atom. The Bertz CT molecular complexity index is 1440. The summed E-state index contributed by atoms with van der Waals surface area (Å²) >= 11 is 0. The van der Waals surface area contributed by atoms with E-state index in [4.69, 9.17) is 10.1 Å². The number of aliphatic imine (C=N–C) groups is 1. The number of aromatic nitrogens is 1. The monoisotopic (exact) mass is 500 g/mol. The summed E-state index contributed by atoms with van der Waals surface area (Å²) in [4.78, 5) is 21.3. The van der Waals surface area contributed by atoms with E-state index in [1.54, 1.807) is 6.07 Å². The fraction of sp³-hybridized carbons (Fsp3) is 0.241. The molecule has 4 aromatic rings. The van der Waals surface area contributed by atoms with Gasteiger partial charge in [-0.1, -0.05) is 30.3 Å². The van der Waals surface area contributed by atoms with Gasteiger partial charge in [0.2, 0.25) is 0 Å². The largest absolute Gasteiger partial charge is 0.494 e. The Hall–Kier alpha value is -4.01. The summed E-state index contributed by atoms with van der Waals surface area (Å²) in [6.45, 7) is 4.90. The first-order valence-corrected chi connectivity index (χ1v) is 12.4. The fourth-order valence-corrected chi connectivity index (χ4v) is 4.72. The van der Waals surface area contributed by atoms with Gasteiger partial charge in [-0.25, -0.2) is 9.38 Å². The number of aromatic amines is 1. The van der Waals surface area contributed by atoms with Crippen molar-refractivity contribution in [2.75, 3.05) is 26.2 Å². The second-order valence-corrected chi connectivity index (χ2v) is 9.29. The molecule has 0 aliphatic carbocycles. The number of aromatic hydroxyl groups is 1. The van der Waals surface area contributed by atoms with E-state index in [1.165, 1.54) is 17.7 Å². The molecule has 1 aromatic heterocycles. The molecular formula is C29H29FN4O3. The van der Waals surface area contributed by atoms with Crippen molar-refractivity contribution in [3.05, 3.63) is 94.8 Å². The molecule has 37 heavy (non-hydrogen) atoms. The second kappa shape index (κ2) is 10.9. The van der Waals surface area contributed by atoms with Gasteiger partial charge in [0.15, 0.2) is 5.88 Å². The Morgan fingerprint density at radius 2 is 1.78 bits per heavy atom.